The van der Waals surface area contributed by atoms with Gasteiger partial charge in [0.2, 0.25) is 0 Å². The van der Waals surface area contributed by atoms with Gasteiger partial charge in [-0.15, -0.1) is 0 Å². The summed E-state index contributed by atoms with van der Waals surface area (Å²) in [6, 6.07) is 7.61. The molecule has 0 spiro atoms. The molecule has 0 heterocycles. The molecule has 28 heavy (non-hydrogen) atoms. The SMILES string of the molecule is COc1cc(C(=O)N[C@@H](CC(=O)O)c2cccc(Cl)c2)c([N+](=O)[O-])cc1OC. The molecule has 0 bridgehead atoms. The number of carbonyl (C=O) groups is 2. The molecule has 2 rings (SSSR count). The Balaban J connectivity index is 2.45. The Morgan fingerprint density at radius 3 is 2.39 bits per heavy atom. The highest BCUT2D eigenvalue weighted by Crippen LogP contribution is 2.35. The predicted molar refractivity (Wildman–Crippen MR) is 100 cm³/mol. The number of nitrogens with zero attached hydrogens (tertiary/aromatic N) is 1. The number of methoxy groups -OCH3 is 2. The van der Waals surface area contributed by atoms with Crippen molar-refractivity contribution in [3.8, 4) is 11.5 Å². The van der Waals surface area contributed by atoms with Crippen LogP contribution in [0, 0.1) is 10.1 Å². The standard InChI is InChI=1S/C18H17ClN2O7/c1-27-15-7-12(14(21(25)26)9-16(15)28-2)18(24)20-13(8-17(22)23)10-4-3-5-11(19)6-10/h3-7,9,13H,8H2,1-2H3,(H,20,24)(H,22,23)/t13-/m0/s1. The monoisotopic (exact) mass is 408 g/mol. The number of ether oxygens (including phenoxy) is 2. The molecular weight excluding hydrogens is 392 g/mol. The minimum absolute atomic E-state index is 0.0858. The lowest BCUT2D eigenvalue weighted by atomic mass is 10.0. The van der Waals surface area contributed by atoms with E-state index in [1.165, 1.54) is 26.4 Å². The third-order valence-corrected chi connectivity index (χ3v) is 4.11. The first-order valence-electron chi connectivity index (χ1n) is 7.95. The van der Waals surface area contributed by atoms with E-state index in [1.807, 2.05) is 0 Å². The number of rotatable bonds is 8. The number of hydrogen-bond acceptors (Lipinski definition) is 6. The van der Waals surface area contributed by atoms with E-state index in [9.17, 15) is 19.7 Å². The molecule has 0 aliphatic heterocycles. The fourth-order valence-electron chi connectivity index (χ4n) is 2.59. The van der Waals surface area contributed by atoms with Crippen molar-refractivity contribution in [2.24, 2.45) is 0 Å². The maximum atomic E-state index is 12.8. The molecule has 0 aliphatic carbocycles. The highest BCUT2D eigenvalue weighted by molar-refractivity contribution is 6.30. The van der Waals surface area contributed by atoms with E-state index in [-0.39, 0.29) is 17.1 Å². The van der Waals surface area contributed by atoms with Gasteiger partial charge in [0.1, 0.15) is 5.56 Å². The van der Waals surface area contributed by atoms with Crippen LogP contribution in [0.15, 0.2) is 36.4 Å². The predicted octanol–water partition coefficient (Wildman–Crippen LogP) is 3.21. The van der Waals surface area contributed by atoms with Gasteiger partial charge in [-0.2, -0.15) is 0 Å². The third kappa shape index (κ3) is 4.89. The zero-order valence-electron chi connectivity index (χ0n) is 15.0. The van der Waals surface area contributed by atoms with Crippen LogP contribution in [0.4, 0.5) is 5.69 Å². The lowest BCUT2D eigenvalue weighted by molar-refractivity contribution is -0.385. The zero-order valence-corrected chi connectivity index (χ0v) is 15.7. The van der Waals surface area contributed by atoms with E-state index in [0.717, 1.165) is 6.07 Å². The fraction of sp³-hybridized carbons (Fsp3) is 0.222. The Bertz CT molecular complexity index is 917. The lowest BCUT2D eigenvalue weighted by Gasteiger charge is -2.18. The molecule has 0 aliphatic rings. The van der Waals surface area contributed by atoms with Crippen LogP contribution in [0.1, 0.15) is 28.4 Å². The molecule has 0 radical (unpaired) electrons. The second kappa shape index (κ2) is 9.05. The topological polar surface area (TPSA) is 128 Å². The summed E-state index contributed by atoms with van der Waals surface area (Å²) in [6.07, 6.45) is -0.437. The van der Waals surface area contributed by atoms with Gasteiger partial charge in [0.15, 0.2) is 11.5 Å². The normalized spacial score (nSPS) is 11.4. The Labute approximate surface area is 165 Å². The summed E-state index contributed by atoms with van der Waals surface area (Å²) < 4.78 is 10.1. The molecule has 0 aromatic heterocycles. The molecule has 148 valence electrons. The van der Waals surface area contributed by atoms with Crippen LogP contribution < -0.4 is 14.8 Å². The molecule has 9 nitrogen and oxygen atoms in total. The number of nitrogens with one attached hydrogen (secondary N) is 1. The van der Waals surface area contributed by atoms with Crippen molar-refractivity contribution in [1.82, 2.24) is 5.32 Å². The van der Waals surface area contributed by atoms with E-state index >= 15 is 0 Å². The van der Waals surface area contributed by atoms with Crippen LogP contribution in [0.25, 0.3) is 0 Å². The highest BCUT2D eigenvalue weighted by Gasteiger charge is 2.27. The van der Waals surface area contributed by atoms with Gasteiger partial charge in [0.25, 0.3) is 11.6 Å². The van der Waals surface area contributed by atoms with Gasteiger partial charge >= 0.3 is 5.97 Å². The number of hydrogen-bond donors (Lipinski definition) is 2. The summed E-state index contributed by atoms with van der Waals surface area (Å²) >= 11 is 5.94. The quantitative estimate of drug-likeness (QED) is 0.506. The van der Waals surface area contributed by atoms with Crippen molar-refractivity contribution in [2.75, 3.05) is 14.2 Å². The summed E-state index contributed by atoms with van der Waals surface area (Å²) in [5.41, 5.74) is -0.346. The van der Waals surface area contributed by atoms with Gasteiger partial charge in [-0.3, -0.25) is 19.7 Å². The van der Waals surface area contributed by atoms with Crippen LogP contribution in [0.5, 0.6) is 11.5 Å². The third-order valence-electron chi connectivity index (χ3n) is 3.88. The van der Waals surface area contributed by atoms with Crippen molar-refractivity contribution < 1.29 is 29.1 Å². The number of carboxylic acid groups (broad SMARTS) is 1. The highest BCUT2D eigenvalue weighted by atomic mass is 35.5. The van der Waals surface area contributed by atoms with Crippen LogP contribution in [0.2, 0.25) is 5.02 Å². The van der Waals surface area contributed by atoms with Gasteiger partial charge in [-0.1, -0.05) is 23.7 Å². The average molecular weight is 409 g/mol. The van der Waals surface area contributed by atoms with Crippen molar-refractivity contribution in [3.05, 3.63) is 62.7 Å². The molecule has 1 atom stereocenters. The van der Waals surface area contributed by atoms with Gasteiger partial charge in [0, 0.05) is 11.1 Å². The molecule has 0 fully saturated rings. The first kappa shape index (κ1) is 21.0. The zero-order chi connectivity index (χ0) is 20.8. The maximum absolute atomic E-state index is 12.8. The Hall–Kier alpha value is -3.33. The maximum Gasteiger partial charge on any atom is 0.305 e. The first-order valence-corrected chi connectivity index (χ1v) is 8.33. The molecule has 2 aromatic rings. The average Bonchev–Trinajstić information content (AvgIpc) is 2.65. The van der Waals surface area contributed by atoms with Crippen molar-refractivity contribution in [3.63, 3.8) is 0 Å². The number of carbonyl (C=O) groups excluding carboxylic acids is 1. The van der Waals surface area contributed by atoms with Crippen LogP contribution >= 0.6 is 11.6 Å². The summed E-state index contributed by atoms with van der Waals surface area (Å²) in [5.74, 6) is -1.79. The van der Waals surface area contributed by atoms with Gasteiger partial charge in [-0.25, -0.2) is 0 Å². The van der Waals surface area contributed by atoms with Crippen molar-refractivity contribution in [1.29, 1.82) is 0 Å². The number of nitro groups is 1. The van der Waals surface area contributed by atoms with E-state index < -0.39 is 34.9 Å². The van der Waals surface area contributed by atoms with Crippen LogP contribution in [-0.2, 0) is 4.79 Å². The number of amides is 1. The molecule has 0 unspecified atom stereocenters. The van der Waals surface area contributed by atoms with E-state index in [0.29, 0.717) is 10.6 Å². The fourth-order valence-corrected chi connectivity index (χ4v) is 2.79. The number of carboxylic acids is 1. The smallest absolute Gasteiger partial charge is 0.305 e. The van der Waals surface area contributed by atoms with Gasteiger partial charge < -0.3 is 19.9 Å². The van der Waals surface area contributed by atoms with Crippen LogP contribution in [0.3, 0.4) is 0 Å². The molecule has 2 N–H and O–H groups in total. The van der Waals surface area contributed by atoms with Crippen molar-refractivity contribution >= 4 is 29.2 Å². The molecule has 0 saturated carbocycles. The molecule has 10 heteroatoms. The second-order valence-electron chi connectivity index (χ2n) is 5.66. The number of halogens is 1. The number of benzene rings is 2. The second-order valence-corrected chi connectivity index (χ2v) is 6.10. The van der Waals surface area contributed by atoms with E-state index in [4.69, 9.17) is 26.2 Å². The lowest BCUT2D eigenvalue weighted by Crippen LogP contribution is -2.30. The van der Waals surface area contributed by atoms with Crippen LogP contribution in [-0.4, -0.2) is 36.1 Å². The van der Waals surface area contributed by atoms with E-state index in [1.54, 1.807) is 18.2 Å². The summed E-state index contributed by atoms with van der Waals surface area (Å²) in [6.45, 7) is 0. The van der Waals surface area contributed by atoms with Gasteiger partial charge in [0.05, 0.1) is 37.7 Å². The van der Waals surface area contributed by atoms with Crippen molar-refractivity contribution in [2.45, 2.75) is 12.5 Å². The number of nitro benzene ring substituents is 1. The minimum atomic E-state index is -1.16. The molecule has 1 amide bonds. The summed E-state index contributed by atoms with van der Waals surface area (Å²) in [7, 11) is 2.63. The summed E-state index contributed by atoms with van der Waals surface area (Å²) in [5, 5.41) is 23.4. The first-order chi connectivity index (χ1) is 13.3. The largest absolute Gasteiger partial charge is 0.493 e. The Morgan fingerprint density at radius 1 is 1.21 bits per heavy atom. The summed E-state index contributed by atoms with van der Waals surface area (Å²) in [4.78, 5) is 34.6. The Morgan fingerprint density at radius 2 is 1.86 bits per heavy atom. The molecule has 2 aromatic carbocycles. The number of aliphatic carboxylic acids is 1. The minimum Gasteiger partial charge on any atom is -0.493 e. The Kier molecular flexibility index (Phi) is 6.78. The molecule has 0 saturated heterocycles. The van der Waals surface area contributed by atoms with Gasteiger partial charge in [-0.05, 0) is 17.7 Å². The molecular formula is C18H17ClN2O7. The van der Waals surface area contributed by atoms with E-state index in [2.05, 4.69) is 5.32 Å².